The molecule has 0 aliphatic rings. The lowest BCUT2D eigenvalue weighted by molar-refractivity contribution is 0.445. The van der Waals surface area contributed by atoms with Gasteiger partial charge in [-0.3, -0.25) is 0 Å². The predicted molar refractivity (Wildman–Crippen MR) is 55.7 cm³/mol. The van der Waals surface area contributed by atoms with E-state index in [0.717, 1.165) is 0 Å². The zero-order valence-corrected chi connectivity index (χ0v) is 10.5. The Hall–Kier alpha value is 0.532. The second-order valence-electron chi connectivity index (χ2n) is 5.97. The van der Waals surface area contributed by atoms with Crippen LogP contribution in [0.4, 0.5) is 0 Å². The molecule has 11 heavy (non-hydrogen) atoms. The standard InChI is InChI=1S/2C5H11.Al.H/c2*1-5(2,3)4;;/h2*1H2,2-4H3;;. The molecule has 0 bridgehead atoms. The van der Waals surface area contributed by atoms with E-state index in [-0.39, 0.29) is 15.2 Å². The Morgan fingerprint density at radius 1 is 0.727 bits per heavy atom. The first-order chi connectivity index (χ1) is 4.71. The van der Waals surface area contributed by atoms with Crippen LogP contribution in [-0.2, 0) is 0 Å². The van der Waals surface area contributed by atoms with E-state index in [1.807, 2.05) is 0 Å². The van der Waals surface area contributed by atoms with E-state index in [9.17, 15) is 0 Å². The summed E-state index contributed by atoms with van der Waals surface area (Å²) in [5, 5.41) is 2.98. The third kappa shape index (κ3) is 10.5. The summed E-state index contributed by atoms with van der Waals surface area (Å²) in [5.41, 5.74) is 1.16. The SMILES string of the molecule is CC(C)(C)[CH2][AlH][CH2]C(C)(C)C. The first kappa shape index (κ1) is 11.5. The van der Waals surface area contributed by atoms with Crippen LogP contribution in [0.2, 0.25) is 10.6 Å². The molecule has 0 aromatic rings. The smallest absolute Gasteiger partial charge is 0.0926 e. The summed E-state index contributed by atoms with van der Waals surface area (Å²) in [4.78, 5) is 0. The number of hydrogen-bond acceptors (Lipinski definition) is 0. The second-order valence-corrected chi connectivity index (χ2v) is 7.68. The molecular weight excluding hydrogens is 147 g/mol. The van der Waals surface area contributed by atoms with Crippen LogP contribution in [0.5, 0.6) is 0 Å². The topological polar surface area (TPSA) is 0 Å². The van der Waals surface area contributed by atoms with Crippen molar-refractivity contribution in [3.8, 4) is 0 Å². The van der Waals surface area contributed by atoms with Crippen molar-refractivity contribution >= 4 is 15.2 Å². The highest BCUT2D eigenvalue weighted by Gasteiger charge is 2.15. The molecule has 0 N–H and O–H groups in total. The molecule has 1 heteroatoms. The van der Waals surface area contributed by atoms with Crippen LogP contribution in [0.15, 0.2) is 0 Å². The van der Waals surface area contributed by atoms with Gasteiger partial charge in [0.2, 0.25) is 15.2 Å². The van der Waals surface area contributed by atoms with Crippen LogP contribution >= 0.6 is 0 Å². The molecular formula is C10H23Al. The Morgan fingerprint density at radius 2 is 1.00 bits per heavy atom. The Morgan fingerprint density at radius 3 is 1.18 bits per heavy atom. The van der Waals surface area contributed by atoms with Crippen molar-refractivity contribution in [3.63, 3.8) is 0 Å². The van der Waals surface area contributed by atoms with Gasteiger partial charge in [0.15, 0.2) is 0 Å². The Labute approximate surface area is 78.5 Å². The van der Waals surface area contributed by atoms with Crippen LogP contribution in [0, 0.1) is 10.8 Å². The molecule has 0 nitrogen and oxygen atoms in total. The highest BCUT2D eigenvalue weighted by Crippen LogP contribution is 2.24. The van der Waals surface area contributed by atoms with Gasteiger partial charge in [0.05, 0.1) is 0 Å². The van der Waals surface area contributed by atoms with Gasteiger partial charge < -0.3 is 0 Å². The van der Waals surface area contributed by atoms with Gasteiger partial charge in [0.25, 0.3) is 0 Å². The molecule has 0 fully saturated rings. The summed E-state index contributed by atoms with van der Waals surface area (Å²) in [5.74, 6) is 0. The summed E-state index contributed by atoms with van der Waals surface area (Å²) < 4.78 is 0. The van der Waals surface area contributed by atoms with E-state index in [4.69, 9.17) is 0 Å². The minimum Gasteiger partial charge on any atom is -0.0926 e. The van der Waals surface area contributed by atoms with Crippen molar-refractivity contribution in [2.75, 3.05) is 0 Å². The van der Waals surface area contributed by atoms with Crippen LogP contribution in [0.1, 0.15) is 41.5 Å². The summed E-state index contributed by atoms with van der Waals surface area (Å²) in [6.07, 6.45) is 0. The fourth-order valence-electron chi connectivity index (χ4n) is 1.15. The Balaban J connectivity index is 3.44. The van der Waals surface area contributed by atoms with Gasteiger partial charge in [0, 0.05) is 0 Å². The Kier molecular flexibility index (Phi) is 4.16. The maximum atomic E-state index is 2.35. The lowest BCUT2D eigenvalue weighted by Crippen LogP contribution is -2.14. The Bertz CT molecular complexity index is 89.0. The predicted octanol–water partition coefficient (Wildman–Crippen LogP) is 3.35. The maximum Gasteiger partial charge on any atom is 0.238 e. The quantitative estimate of drug-likeness (QED) is 0.557. The molecule has 0 amide bonds. The first-order valence-electron chi connectivity index (χ1n) is 4.71. The van der Waals surface area contributed by atoms with Gasteiger partial charge in [-0.2, -0.15) is 0 Å². The van der Waals surface area contributed by atoms with Crippen molar-refractivity contribution in [2.45, 2.75) is 52.1 Å². The van der Waals surface area contributed by atoms with Gasteiger partial charge >= 0.3 is 0 Å². The fraction of sp³-hybridized carbons (Fsp3) is 1.00. The van der Waals surface area contributed by atoms with Gasteiger partial charge in [-0.25, -0.2) is 0 Å². The average molecular weight is 170 g/mol. The van der Waals surface area contributed by atoms with Gasteiger partial charge in [-0.15, -0.1) is 0 Å². The van der Waals surface area contributed by atoms with E-state index in [2.05, 4.69) is 41.5 Å². The van der Waals surface area contributed by atoms with Crippen LogP contribution in [-0.4, -0.2) is 15.2 Å². The van der Waals surface area contributed by atoms with Crippen LogP contribution in [0.3, 0.4) is 0 Å². The third-order valence-electron chi connectivity index (χ3n) is 1.85. The molecule has 0 rings (SSSR count). The molecule has 0 aliphatic carbocycles. The molecule has 66 valence electrons. The van der Waals surface area contributed by atoms with Crippen molar-refractivity contribution in [3.05, 3.63) is 0 Å². The van der Waals surface area contributed by atoms with Gasteiger partial charge in [-0.05, 0) is 0 Å². The van der Waals surface area contributed by atoms with Crippen molar-refractivity contribution in [1.29, 1.82) is 0 Å². The first-order valence-corrected chi connectivity index (χ1v) is 6.71. The lowest BCUT2D eigenvalue weighted by Gasteiger charge is -2.21. The molecule has 0 heterocycles. The maximum absolute atomic E-state index is 2.35. The van der Waals surface area contributed by atoms with E-state index in [1.165, 1.54) is 10.6 Å². The van der Waals surface area contributed by atoms with Crippen LogP contribution < -0.4 is 0 Å². The fourth-order valence-corrected chi connectivity index (χ4v) is 3.45. The normalized spacial score (nSPS) is 13.3. The largest absolute Gasteiger partial charge is 0.238 e. The van der Waals surface area contributed by atoms with Crippen molar-refractivity contribution in [2.24, 2.45) is 10.8 Å². The minimum atomic E-state index is 0.203. The summed E-state index contributed by atoms with van der Waals surface area (Å²) in [6, 6.07) is 0. The van der Waals surface area contributed by atoms with Crippen LogP contribution in [0.25, 0.3) is 0 Å². The second kappa shape index (κ2) is 3.97. The lowest BCUT2D eigenvalue weighted by atomic mass is 10.00. The van der Waals surface area contributed by atoms with Gasteiger partial charge in [-0.1, -0.05) is 62.9 Å². The van der Waals surface area contributed by atoms with Gasteiger partial charge in [0.1, 0.15) is 0 Å². The highest BCUT2D eigenvalue weighted by atomic mass is 27.1. The molecule has 0 atom stereocenters. The average Bonchev–Trinajstić information content (AvgIpc) is 1.55. The number of rotatable bonds is 2. The summed E-state index contributed by atoms with van der Waals surface area (Å²) in [6.45, 7) is 14.1. The molecule has 0 unspecified atom stereocenters. The van der Waals surface area contributed by atoms with Crippen molar-refractivity contribution in [1.82, 2.24) is 0 Å². The zero-order chi connectivity index (χ0) is 9.12. The van der Waals surface area contributed by atoms with Crippen molar-refractivity contribution < 1.29 is 0 Å². The minimum absolute atomic E-state index is 0.203. The molecule has 0 aliphatic heterocycles. The summed E-state index contributed by atoms with van der Waals surface area (Å²) >= 11 is 0.203. The van der Waals surface area contributed by atoms with E-state index >= 15 is 0 Å². The molecule has 0 radical (unpaired) electrons. The molecule has 0 saturated heterocycles. The highest BCUT2D eigenvalue weighted by molar-refractivity contribution is 6.35. The molecule has 0 spiro atoms. The van der Waals surface area contributed by atoms with E-state index in [1.54, 1.807) is 0 Å². The zero-order valence-electron chi connectivity index (χ0n) is 9.12. The monoisotopic (exact) mass is 170 g/mol. The number of hydrogen-bond donors (Lipinski definition) is 0. The van der Waals surface area contributed by atoms with E-state index < -0.39 is 0 Å². The molecule has 0 saturated carbocycles. The van der Waals surface area contributed by atoms with E-state index in [0.29, 0.717) is 10.8 Å². The molecule has 0 aromatic carbocycles. The summed E-state index contributed by atoms with van der Waals surface area (Å²) in [7, 11) is 0. The third-order valence-corrected chi connectivity index (χ3v) is 5.56. The molecule has 0 aromatic heterocycles.